The summed E-state index contributed by atoms with van der Waals surface area (Å²) < 4.78 is 26.3. The normalized spacial score (nSPS) is 21.7. The van der Waals surface area contributed by atoms with E-state index in [2.05, 4.69) is 6.58 Å². The molecular weight excluding hydrogens is 204 g/mol. The Morgan fingerprint density at radius 2 is 2.33 bits per heavy atom. The molecular formula is C10H15F2NO2. The fourth-order valence-corrected chi connectivity index (χ4v) is 1.89. The number of carbonyl (C=O) groups is 1. The average molecular weight is 219 g/mol. The Balaban J connectivity index is 2.41. The summed E-state index contributed by atoms with van der Waals surface area (Å²) in [5.74, 6) is -2.97. The Bertz CT molecular complexity index is 256. The predicted octanol–water partition coefficient (Wildman–Crippen LogP) is 2.59. The van der Waals surface area contributed by atoms with Crippen molar-refractivity contribution >= 4 is 6.09 Å². The van der Waals surface area contributed by atoms with E-state index in [1.165, 1.54) is 11.0 Å². The van der Waals surface area contributed by atoms with Crippen molar-refractivity contribution in [1.29, 1.82) is 0 Å². The highest BCUT2D eigenvalue weighted by Gasteiger charge is 2.35. The van der Waals surface area contributed by atoms with Crippen molar-refractivity contribution < 1.29 is 18.7 Å². The first-order chi connectivity index (χ1) is 6.94. The molecule has 1 amide bonds. The molecule has 15 heavy (non-hydrogen) atoms. The van der Waals surface area contributed by atoms with Gasteiger partial charge in [0.05, 0.1) is 0 Å². The van der Waals surface area contributed by atoms with Gasteiger partial charge in [-0.05, 0) is 12.3 Å². The molecule has 1 saturated heterocycles. The quantitative estimate of drug-likeness (QED) is 0.738. The van der Waals surface area contributed by atoms with Crippen LogP contribution in [0, 0.1) is 5.92 Å². The van der Waals surface area contributed by atoms with Gasteiger partial charge in [0.25, 0.3) is 5.92 Å². The van der Waals surface area contributed by atoms with Gasteiger partial charge in [-0.2, -0.15) is 0 Å². The SMILES string of the molecule is C=CCC(F)(F)C[C@@H]1CCN(C(=O)O)C1. The summed E-state index contributed by atoms with van der Waals surface area (Å²) >= 11 is 0. The molecule has 0 aromatic rings. The minimum absolute atomic E-state index is 0.224. The smallest absolute Gasteiger partial charge is 0.407 e. The van der Waals surface area contributed by atoms with Crippen molar-refractivity contribution in [1.82, 2.24) is 4.90 Å². The molecule has 1 fully saturated rings. The summed E-state index contributed by atoms with van der Waals surface area (Å²) in [6.07, 6.45) is 0.118. The summed E-state index contributed by atoms with van der Waals surface area (Å²) in [5, 5.41) is 8.65. The van der Waals surface area contributed by atoms with Gasteiger partial charge in [-0.15, -0.1) is 6.58 Å². The molecule has 86 valence electrons. The molecule has 1 heterocycles. The molecule has 0 radical (unpaired) electrons. The molecule has 0 bridgehead atoms. The number of nitrogens with zero attached hydrogens (tertiary/aromatic N) is 1. The molecule has 0 saturated carbocycles. The lowest BCUT2D eigenvalue weighted by atomic mass is 9.98. The standard InChI is InChI=1S/C10H15F2NO2/c1-2-4-10(11,12)6-8-3-5-13(7-8)9(14)15/h2,8H,1,3-7H2,(H,14,15)/t8-/m0/s1. The van der Waals surface area contributed by atoms with Gasteiger partial charge in [0, 0.05) is 25.9 Å². The van der Waals surface area contributed by atoms with Gasteiger partial charge in [-0.3, -0.25) is 0 Å². The minimum Gasteiger partial charge on any atom is -0.465 e. The van der Waals surface area contributed by atoms with Crippen molar-refractivity contribution in [3.05, 3.63) is 12.7 Å². The second-order valence-electron chi connectivity index (χ2n) is 3.94. The summed E-state index contributed by atoms with van der Waals surface area (Å²) in [6, 6.07) is 0. The number of alkyl halides is 2. The van der Waals surface area contributed by atoms with E-state index in [0.717, 1.165) is 0 Å². The lowest BCUT2D eigenvalue weighted by Crippen LogP contribution is -2.28. The predicted molar refractivity (Wildman–Crippen MR) is 52.1 cm³/mol. The minimum atomic E-state index is -2.75. The molecule has 0 spiro atoms. The second-order valence-corrected chi connectivity index (χ2v) is 3.94. The van der Waals surface area contributed by atoms with E-state index in [4.69, 9.17) is 5.11 Å². The maximum absolute atomic E-state index is 13.2. The fourth-order valence-electron chi connectivity index (χ4n) is 1.89. The van der Waals surface area contributed by atoms with E-state index in [1.807, 2.05) is 0 Å². The molecule has 1 aliphatic rings. The molecule has 1 N–H and O–H groups in total. The molecule has 0 aliphatic carbocycles. The third kappa shape index (κ3) is 3.49. The lowest BCUT2D eigenvalue weighted by molar-refractivity contribution is -0.0186. The topological polar surface area (TPSA) is 40.5 Å². The van der Waals surface area contributed by atoms with E-state index in [0.29, 0.717) is 13.0 Å². The van der Waals surface area contributed by atoms with Gasteiger partial charge in [-0.25, -0.2) is 13.6 Å². The van der Waals surface area contributed by atoms with E-state index in [9.17, 15) is 13.6 Å². The Morgan fingerprint density at radius 3 is 2.80 bits per heavy atom. The highest BCUT2D eigenvalue weighted by atomic mass is 19.3. The van der Waals surface area contributed by atoms with Crippen molar-refractivity contribution in [3.63, 3.8) is 0 Å². The van der Waals surface area contributed by atoms with Crippen LogP contribution in [0.25, 0.3) is 0 Å². The number of likely N-dealkylation sites (tertiary alicyclic amines) is 1. The van der Waals surface area contributed by atoms with Crippen LogP contribution in [0.4, 0.5) is 13.6 Å². The van der Waals surface area contributed by atoms with Crippen LogP contribution in [-0.2, 0) is 0 Å². The van der Waals surface area contributed by atoms with Gasteiger partial charge < -0.3 is 10.0 Å². The zero-order chi connectivity index (χ0) is 11.5. The van der Waals surface area contributed by atoms with Crippen LogP contribution in [-0.4, -0.2) is 35.1 Å². The third-order valence-electron chi connectivity index (χ3n) is 2.59. The van der Waals surface area contributed by atoms with Crippen molar-refractivity contribution in [2.24, 2.45) is 5.92 Å². The largest absolute Gasteiger partial charge is 0.465 e. The zero-order valence-electron chi connectivity index (χ0n) is 8.46. The number of carboxylic acid groups (broad SMARTS) is 1. The van der Waals surface area contributed by atoms with Crippen LogP contribution >= 0.6 is 0 Å². The number of halogens is 2. The molecule has 0 unspecified atom stereocenters. The van der Waals surface area contributed by atoms with E-state index < -0.39 is 12.0 Å². The van der Waals surface area contributed by atoms with Crippen LogP contribution in [0.15, 0.2) is 12.7 Å². The van der Waals surface area contributed by atoms with E-state index in [-0.39, 0.29) is 25.3 Å². The molecule has 1 rings (SSSR count). The first-order valence-electron chi connectivity index (χ1n) is 4.91. The maximum atomic E-state index is 13.2. The summed E-state index contributed by atoms with van der Waals surface area (Å²) in [7, 11) is 0. The average Bonchev–Trinajstić information content (AvgIpc) is 2.51. The molecule has 5 heteroatoms. The fraction of sp³-hybridized carbons (Fsp3) is 0.700. The van der Waals surface area contributed by atoms with Crippen LogP contribution < -0.4 is 0 Å². The molecule has 1 atom stereocenters. The third-order valence-corrected chi connectivity index (χ3v) is 2.59. The second kappa shape index (κ2) is 4.59. The lowest BCUT2D eigenvalue weighted by Gasteiger charge is -2.18. The van der Waals surface area contributed by atoms with Crippen molar-refractivity contribution in [2.75, 3.05) is 13.1 Å². The van der Waals surface area contributed by atoms with Gasteiger partial charge in [0.15, 0.2) is 0 Å². The van der Waals surface area contributed by atoms with Crippen LogP contribution in [0.5, 0.6) is 0 Å². The van der Waals surface area contributed by atoms with Gasteiger partial charge in [0.2, 0.25) is 0 Å². The first kappa shape index (κ1) is 11.9. The van der Waals surface area contributed by atoms with Gasteiger partial charge >= 0.3 is 6.09 Å². The van der Waals surface area contributed by atoms with Crippen LogP contribution in [0.3, 0.4) is 0 Å². The zero-order valence-corrected chi connectivity index (χ0v) is 8.46. The van der Waals surface area contributed by atoms with Crippen molar-refractivity contribution in [3.8, 4) is 0 Å². The van der Waals surface area contributed by atoms with Crippen LogP contribution in [0.2, 0.25) is 0 Å². The number of hydrogen-bond donors (Lipinski definition) is 1. The number of hydrogen-bond acceptors (Lipinski definition) is 1. The van der Waals surface area contributed by atoms with Gasteiger partial charge in [-0.1, -0.05) is 6.08 Å². The summed E-state index contributed by atoms with van der Waals surface area (Å²) in [5.41, 5.74) is 0. The maximum Gasteiger partial charge on any atom is 0.407 e. The molecule has 1 aliphatic heterocycles. The van der Waals surface area contributed by atoms with Gasteiger partial charge in [0.1, 0.15) is 0 Å². The molecule has 0 aromatic heterocycles. The number of amides is 1. The highest BCUT2D eigenvalue weighted by Crippen LogP contribution is 2.32. The Hall–Kier alpha value is -1.13. The van der Waals surface area contributed by atoms with E-state index >= 15 is 0 Å². The molecule has 0 aromatic carbocycles. The van der Waals surface area contributed by atoms with Crippen molar-refractivity contribution in [2.45, 2.75) is 25.2 Å². The van der Waals surface area contributed by atoms with Crippen LogP contribution in [0.1, 0.15) is 19.3 Å². The first-order valence-corrected chi connectivity index (χ1v) is 4.91. The number of rotatable bonds is 4. The number of allylic oxidation sites excluding steroid dienone is 1. The summed E-state index contributed by atoms with van der Waals surface area (Å²) in [4.78, 5) is 11.7. The molecule has 3 nitrogen and oxygen atoms in total. The van der Waals surface area contributed by atoms with E-state index in [1.54, 1.807) is 0 Å². The Labute approximate surface area is 87.4 Å². The Kier molecular flexibility index (Phi) is 3.66. The Morgan fingerprint density at radius 1 is 1.67 bits per heavy atom. The highest BCUT2D eigenvalue weighted by molar-refractivity contribution is 5.65. The monoisotopic (exact) mass is 219 g/mol. The summed E-state index contributed by atoms with van der Waals surface area (Å²) in [6.45, 7) is 3.87.